The third-order valence-corrected chi connectivity index (χ3v) is 5.69. The fraction of sp³-hybridized carbons (Fsp3) is 0.263. The number of aromatic nitrogens is 3. The van der Waals surface area contributed by atoms with E-state index >= 15 is 0 Å². The molecule has 1 atom stereocenters. The number of H-pyrrole nitrogens is 1. The first-order valence-electron chi connectivity index (χ1n) is 9.20. The van der Waals surface area contributed by atoms with Gasteiger partial charge in [0, 0.05) is 17.4 Å². The maximum atomic E-state index is 12.8. The lowest BCUT2D eigenvalue weighted by Crippen LogP contribution is -2.30. The quantitative estimate of drug-likeness (QED) is 0.443. The zero-order chi connectivity index (χ0) is 20.4. The summed E-state index contributed by atoms with van der Waals surface area (Å²) in [5.74, 6) is 0.418. The van der Waals surface area contributed by atoms with Gasteiger partial charge in [0.1, 0.15) is 6.04 Å². The number of amides is 3. The van der Waals surface area contributed by atoms with Gasteiger partial charge in [-0.1, -0.05) is 6.07 Å². The van der Waals surface area contributed by atoms with Crippen LogP contribution in [-0.2, 0) is 4.79 Å². The molecular formula is C19H20N6O2S2. The number of hydrogen-bond acceptors (Lipinski definition) is 5. The van der Waals surface area contributed by atoms with Gasteiger partial charge in [0.2, 0.25) is 5.91 Å². The first-order chi connectivity index (χ1) is 14.0. The zero-order valence-electron chi connectivity index (χ0n) is 15.6. The summed E-state index contributed by atoms with van der Waals surface area (Å²) in [6, 6.07) is 10.4. The summed E-state index contributed by atoms with van der Waals surface area (Å²) < 4.78 is 2.09. The maximum Gasteiger partial charge on any atom is 0.319 e. The number of carbonyl (C=O) groups excluding carboxylic acids is 2. The predicted molar refractivity (Wildman–Crippen MR) is 116 cm³/mol. The van der Waals surface area contributed by atoms with E-state index in [1.54, 1.807) is 35.8 Å². The predicted octanol–water partition coefficient (Wildman–Crippen LogP) is 4.15. The SMILES string of the molecule is CC(C(=O)Nc1ccc(NC(=O)NC2CC2)cc1)n1c(-c2cccs2)n[nH]c1=S. The minimum absolute atomic E-state index is 0.214. The molecule has 4 rings (SSSR count). The van der Waals surface area contributed by atoms with E-state index in [9.17, 15) is 9.59 Å². The average Bonchev–Trinajstić information content (AvgIpc) is 3.18. The van der Waals surface area contributed by atoms with Crippen LogP contribution in [-0.4, -0.2) is 32.7 Å². The lowest BCUT2D eigenvalue weighted by atomic mass is 10.2. The van der Waals surface area contributed by atoms with E-state index < -0.39 is 6.04 Å². The van der Waals surface area contributed by atoms with Gasteiger partial charge in [-0.15, -0.1) is 11.3 Å². The Morgan fingerprint density at radius 1 is 1.21 bits per heavy atom. The lowest BCUT2D eigenvalue weighted by molar-refractivity contribution is -0.118. The average molecular weight is 429 g/mol. The van der Waals surface area contributed by atoms with Gasteiger partial charge in [-0.05, 0) is 67.7 Å². The number of carbonyl (C=O) groups is 2. The Balaban J connectivity index is 1.42. The van der Waals surface area contributed by atoms with E-state index in [0.717, 1.165) is 17.7 Å². The summed E-state index contributed by atoms with van der Waals surface area (Å²) >= 11 is 6.85. The van der Waals surface area contributed by atoms with Crippen molar-refractivity contribution in [3.8, 4) is 10.7 Å². The minimum Gasteiger partial charge on any atom is -0.335 e. The van der Waals surface area contributed by atoms with Gasteiger partial charge in [-0.2, -0.15) is 5.10 Å². The Bertz CT molecular complexity index is 1070. The van der Waals surface area contributed by atoms with Crippen molar-refractivity contribution >= 4 is 46.9 Å². The molecule has 10 heteroatoms. The number of anilines is 2. The highest BCUT2D eigenvalue weighted by molar-refractivity contribution is 7.71. The largest absolute Gasteiger partial charge is 0.335 e. The third-order valence-electron chi connectivity index (χ3n) is 4.54. The topological polar surface area (TPSA) is 104 Å². The van der Waals surface area contributed by atoms with Crippen molar-refractivity contribution < 1.29 is 9.59 Å². The summed E-state index contributed by atoms with van der Waals surface area (Å²) in [7, 11) is 0. The van der Waals surface area contributed by atoms with Crippen molar-refractivity contribution in [1.82, 2.24) is 20.1 Å². The van der Waals surface area contributed by atoms with Crippen LogP contribution >= 0.6 is 23.6 Å². The molecule has 0 bridgehead atoms. The van der Waals surface area contributed by atoms with Gasteiger partial charge >= 0.3 is 6.03 Å². The molecule has 8 nitrogen and oxygen atoms in total. The fourth-order valence-corrected chi connectivity index (χ4v) is 3.83. The van der Waals surface area contributed by atoms with Crippen LogP contribution in [0.4, 0.5) is 16.2 Å². The summed E-state index contributed by atoms with van der Waals surface area (Å²) in [4.78, 5) is 25.5. The molecule has 1 unspecified atom stereocenters. The van der Waals surface area contributed by atoms with Gasteiger partial charge in [0.25, 0.3) is 0 Å². The molecule has 2 heterocycles. The Labute approximate surface area is 176 Å². The molecule has 1 aliphatic carbocycles. The fourth-order valence-electron chi connectivity index (χ4n) is 2.82. The number of rotatable bonds is 6. The molecule has 1 saturated carbocycles. The first kappa shape index (κ1) is 19.3. The third kappa shape index (κ3) is 4.54. The minimum atomic E-state index is -0.555. The molecule has 0 spiro atoms. The molecular weight excluding hydrogens is 408 g/mol. The normalized spacial score (nSPS) is 14.2. The molecule has 0 saturated heterocycles. The van der Waals surface area contributed by atoms with E-state index in [0.29, 0.717) is 28.0 Å². The molecule has 4 N–H and O–H groups in total. The number of thiophene rings is 1. The van der Waals surface area contributed by atoms with Crippen molar-refractivity contribution in [1.29, 1.82) is 0 Å². The van der Waals surface area contributed by atoms with Crippen molar-refractivity contribution in [2.24, 2.45) is 0 Å². The van der Waals surface area contributed by atoms with E-state index in [1.807, 2.05) is 17.5 Å². The zero-order valence-corrected chi connectivity index (χ0v) is 17.3. The van der Waals surface area contributed by atoms with Crippen LogP contribution in [0, 0.1) is 4.77 Å². The summed E-state index contributed by atoms with van der Waals surface area (Å²) in [6.45, 7) is 1.77. The second-order valence-corrected chi connectivity index (χ2v) is 8.15. The highest BCUT2D eigenvalue weighted by atomic mass is 32.1. The Hall–Kier alpha value is -2.98. The molecule has 3 aromatic rings. The van der Waals surface area contributed by atoms with E-state index in [-0.39, 0.29) is 11.9 Å². The highest BCUT2D eigenvalue weighted by Crippen LogP contribution is 2.26. The Morgan fingerprint density at radius 3 is 2.52 bits per heavy atom. The van der Waals surface area contributed by atoms with Crippen molar-refractivity contribution in [3.63, 3.8) is 0 Å². The number of aromatic amines is 1. The van der Waals surface area contributed by atoms with Crippen molar-refractivity contribution in [2.45, 2.75) is 31.8 Å². The second kappa shape index (κ2) is 8.18. The first-order valence-corrected chi connectivity index (χ1v) is 10.5. The number of hydrogen-bond donors (Lipinski definition) is 4. The molecule has 0 radical (unpaired) electrons. The van der Waals surface area contributed by atoms with E-state index in [1.165, 1.54) is 11.3 Å². The van der Waals surface area contributed by atoms with Gasteiger partial charge < -0.3 is 16.0 Å². The smallest absolute Gasteiger partial charge is 0.319 e. The number of nitrogens with zero attached hydrogens (tertiary/aromatic N) is 2. The van der Waals surface area contributed by atoms with Crippen LogP contribution in [0.2, 0.25) is 0 Å². The van der Waals surface area contributed by atoms with Crippen LogP contribution in [0.1, 0.15) is 25.8 Å². The molecule has 0 aliphatic heterocycles. The number of benzene rings is 1. The second-order valence-electron chi connectivity index (χ2n) is 6.81. The molecule has 1 aromatic carbocycles. The van der Waals surface area contributed by atoms with Crippen LogP contribution < -0.4 is 16.0 Å². The van der Waals surface area contributed by atoms with Crippen molar-refractivity contribution in [3.05, 3.63) is 46.5 Å². The van der Waals surface area contributed by atoms with Gasteiger partial charge in [0.05, 0.1) is 4.88 Å². The van der Waals surface area contributed by atoms with Crippen molar-refractivity contribution in [2.75, 3.05) is 10.6 Å². The van der Waals surface area contributed by atoms with Crippen LogP contribution in [0.25, 0.3) is 10.7 Å². The molecule has 29 heavy (non-hydrogen) atoms. The number of nitrogens with one attached hydrogen (secondary N) is 4. The summed E-state index contributed by atoms with van der Waals surface area (Å²) in [6.07, 6.45) is 2.07. The Morgan fingerprint density at radius 2 is 1.90 bits per heavy atom. The Kier molecular flexibility index (Phi) is 5.45. The van der Waals surface area contributed by atoms with Gasteiger partial charge in [0.15, 0.2) is 10.6 Å². The molecule has 3 amide bonds. The van der Waals surface area contributed by atoms with Crippen LogP contribution in [0.15, 0.2) is 41.8 Å². The maximum absolute atomic E-state index is 12.8. The monoisotopic (exact) mass is 428 g/mol. The van der Waals surface area contributed by atoms with Crippen LogP contribution in [0.3, 0.4) is 0 Å². The molecule has 2 aromatic heterocycles. The van der Waals surface area contributed by atoms with Gasteiger partial charge in [-0.25, -0.2) is 4.79 Å². The highest BCUT2D eigenvalue weighted by Gasteiger charge is 2.23. The van der Waals surface area contributed by atoms with Crippen LogP contribution in [0.5, 0.6) is 0 Å². The summed E-state index contributed by atoms with van der Waals surface area (Å²) in [5, 5.41) is 17.5. The van der Waals surface area contributed by atoms with E-state index in [2.05, 4.69) is 26.1 Å². The number of urea groups is 1. The standard InChI is InChI=1S/C19H20N6O2S2/c1-11(25-16(23-24-19(25)28)15-3-2-10-29-15)17(26)20-12-4-6-13(7-5-12)21-18(27)22-14-8-9-14/h2-7,10-11,14H,8-9H2,1H3,(H,20,26)(H,24,28)(H2,21,22,27). The van der Waals surface area contributed by atoms with E-state index in [4.69, 9.17) is 12.2 Å². The van der Waals surface area contributed by atoms with Gasteiger partial charge in [-0.3, -0.25) is 14.5 Å². The summed E-state index contributed by atoms with van der Waals surface area (Å²) in [5.41, 5.74) is 1.29. The lowest BCUT2D eigenvalue weighted by Gasteiger charge is -2.15. The molecule has 1 fully saturated rings. The molecule has 1 aliphatic rings. The molecule has 150 valence electrons.